The molecule has 0 aromatic heterocycles. The van der Waals surface area contributed by atoms with Gasteiger partial charge in [-0.25, -0.2) is 0 Å². The summed E-state index contributed by atoms with van der Waals surface area (Å²) in [5.74, 6) is 0. The van der Waals surface area contributed by atoms with Crippen LogP contribution >= 0.6 is 0 Å². The highest BCUT2D eigenvalue weighted by molar-refractivity contribution is 6.48. The van der Waals surface area contributed by atoms with Crippen molar-refractivity contribution in [2.45, 2.75) is 58.7 Å². The SMILES string of the molecule is CCC(C)N(CC[SiH](NC)OC)C(C)CC. The molecule has 0 spiro atoms. The molecule has 0 amide bonds. The van der Waals surface area contributed by atoms with Crippen molar-refractivity contribution in [1.82, 2.24) is 9.88 Å². The summed E-state index contributed by atoms with van der Waals surface area (Å²) in [5, 5.41) is 0. The van der Waals surface area contributed by atoms with Crippen LogP contribution in [0.1, 0.15) is 40.5 Å². The lowest BCUT2D eigenvalue weighted by atomic mass is 10.1. The van der Waals surface area contributed by atoms with Gasteiger partial charge in [-0.15, -0.1) is 0 Å². The zero-order valence-electron chi connectivity index (χ0n) is 11.9. The van der Waals surface area contributed by atoms with Gasteiger partial charge in [0.2, 0.25) is 0 Å². The average Bonchev–Trinajstić information content (AvgIpc) is 2.33. The summed E-state index contributed by atoms with van der Waals surface area (Å²) in [6.45, 7) is 10.4. The van der Waals surface area contributed by atoms with Crippen LogP contribution in [0.15, 0.2) is 0 Å². The summed E-state index contributed by atoms with van der Waals surface area (Å²) in [7, 11) is 2.69. The third-order valence-corrected chi connectivity index (χ3v) is 5.57. The van der Waals surface area contributed by atoms with Gasteiger partial charge >= 0.3 is 0 Å². The van der Waals surface area contributed by atoms with Crippen LogP contribution in [0.2, 0.25) is 6.04 Å². The first-order valence-electron chi connectivity index (χ1n) is 6.56. The highest BCUT2D eigenvalue weighted by atomic mass is 28.3. The molecule has 3 atom stereocenters. The minimum atomic E-state index is -1.14. The summed E-state index contributed by atoms with van der Waals surface area (Å²) < 4.78 is 5.48. The van der Waals surface area contributed by atoms with Gasteiger partial charge in [0, 0.05) is 19.2 Å². The summed E-state index contributed by atoms with van der Waals surface area (Å²) in [6, 6.07) is 2.54. The largest absolute Gasteiger partial charge is 0.409 e. The number of rotatable bonds is 9. The monoisotopic (exact) mass is 246 g/mol. The van der Waals surface area contributed by atoms with Crippen molar-refractivity contribution in [3.63, 3.8) is 0 Å². The summed E-state index contributed by atoms with van der Waals surface area (Å²) in [6.07, 6.45) is 2.45. The van der Waals surface area contributed by atoms with Crippen LogP contribution in [-0.2, 0) is 4.43 Å². The molecule has 4 heteroatoms. The quantitative estimate of drug-likeness (QED) is 0.630. The topological polar surface area (TPSA) is 24.5 Å². The Bertz CT molecular complexity index is 155. The van der Waals surface area contributed by atoms with E-state index in [4.69, 9.17) is 4.43 Å². The van der Waals surface area contributed by atoms with Crippen LogP contribution in [0.25, 0.3) is 0 Å². The smallest absolute Gasteiger partial charge is 0.252 e. The molecule has 0 aromatic rings. The molecule has 0 radical (unpaired) electrons. The Morgan fingerprint density at radius 1 is 1.19 bits per heavy atom. The highest BCUT2D eigenvalue weighted by Gasteiger charge is 2.19. The molecule has 0 fully saturated rings. The Balaban J connectivity index is 4.20. The molecule has 0 bridgehead atoms. The fourth-order valence-corrected chi connectivity index (χ4v) is 3.28. The second-order valence-corrected chi connectivity index (χ2v) is 7.16. The highest BCUT2D eigenvalue weighted by Crippen LogP contribution is 2.12. The average molecular weight is 246 g/mol. The van der Waals surface area contributed by atoms with E-state index < -0.39 is 9.20 Å². The van der Waals surface area contributed by atoms with E-state index in [2.05, 4.69) is 37.6 Å². The summed E-state index contributed by atoms with van der Waals surface area (Å²) in [5.41, 5.74) is 0. The van der Waals surface area contributed by atoms with E-state index in [1.165, 1.54) is 18.9 Å². The summed E-state index contributed by atoms with van der Waals surface area (Å²) in [4.78, 5) is 5.93. The van der Waals surface area contributed by atoms with Crippen molar-refractivity contribution in [3.05, 3.63) is 0 Å². The molecule has 3 nitrogen and oxygen atoms in total. The number of nitrogens with zero attached hydrogens (tertiary/aromatic N) is 1. The van der Waals surface area contributed by atoms with Crippen LogP contribution in [0.3, 0.4) is 0 Å². The predicted octanol–water partition coefficient (Wildman–Crippen LogP) is 1.97. The molecule has 3 unspecified atom stereocenters. The first kappa shape index (κ1) is 16.1. The van der Waals surface area contributed by atoms with Crippen molar-refractivity contribution in [2.75, 3.05) is 20.7 Å². The maximum Gasteiger partial charge on any atom is 0.252 e. The molecule has 0 saturated heterocycles. The van der Waals surface area contributed by atoms with Crippen molar-refractivity contribution < 1.29 is 4.43 Å². The molecule has 0 saturated carbocycles. The van der Waals surface area contributed by atoms with Gasteiger partial charge in [-0.1, -0.05) is 13.8 Å². The Morgan fingerprint density at radius 3 is 2.00 bits per heavy atom. The van der Waals surface area contributed by atoms with Crippen molar-refractivity contribution in [2.24, 2.45) is 0 Å². The Hall–Kier alpha value is 0.0969. The fraction of sp³-hybridized carbons (Fsp3) is 1.00. The molecule has 98 valence electrons. The zero-order valence-corrected chi connectivity index (χ0v) is 13.1. The van der Waals surface area contributed by atoms with Crippen LogP contribution in [0, 0.1) is 0 Å². The van der Waals surface area contributed by atoms with E-state index in [0.29, 0.717) is 12.1 Å². The second kappa shape index (κ2) is 9.16. The molecule has 0 rings (SSSR count). The maximum absolute atomic E-state index is 5.48. The molecule has 0 aliphatic carbocycles. The standard InChI is InChI=1S/C12H30N2OSi/c1-7-11(3)14(12(4)8-2)9-10-16(13-5)15-6/h11-13,16H,7-10H2,1-6H3. The third kappa shape index (κ3) is 5.43. The van der Waals surface area contributed by atoms with E-state index in [1.807, 2.05) is 14.2 Å². The van der Waals surface area contributed by atoms with Crippen LogP contribution in [-0.4, -0.2) is 46.9 Å². The van der Waals surface area contributed by atoms with Crippen LogP contribution in [0.4, 0.5) is 0 Å². The lowest BCUT2D eigenvalue weighted by molar-refractivity contribution is 0.153. The van der Waals surface area contributed by atoms with E-state index in [9.17, 15) is 0 Å². The minimum Gasteiger partial charge on any atom is -0.409 e. The summed E-state index contributed by atoms with van der Waals surface area (Å²) >= 11 is 0. The number of nitrogens with one attached hydrogen (secondary N) is 1. The van der Waals surface area contributed by atoms with Crippen LogP contribution in [0.5, 0.6) is 0 Å². The molecule has 0 aliphatic rings. The lowest BCUT2D eigenvalue weighted by Crippen LogP contribution is -2.44. The molecule has 1 N–H and O–H groups in total. The van der Waals surface area contributed by atoms with Gasteiger partial charge in [-0.2, -0.15) is 0 Å². The van der Waals surface area contributed by atoms with Gasteiger partial charge < -0.3 is 9.41 Å². The van der Waals surface area contributed by atoms with Gasteiger partial charge in [-0.3, -0.25) is 4.90 Å². The lowest BCUT2D eigenvalue weighted by Gasteiger charge is -2.34. The predicted molar refractivity (Wildman–Crippen MR) is 74.2 cm³/mol. The Morgan fingerprint density at radius 2 is 1.69 bits per heavy atom. The molecule has 0 heterocycles. The van der Waals surface area contributed by atoms with Crippen molar-refractivity contribution >= 4 is 9.20 Å². The molecular weight excluding hydrogens is 216 g/mol. The maximum atomic E-state index is 5.48. The van der Waals surface area contributed by atoms with Gasteiger partial charge in [0.15, 0.2) is 0 Å². The number of hydrogen-bond donors (Lipinski definition) is 1. The van der Waals surface area contributed by atoms with Crippen molar-refractivity contribution in [1.29, 1.82) is 0 Å². The van der Waals surface area contributed by atoms with E-state index >= 15 is 0 Å². The van der Waals surface area contributed by atoms with Gasteiger partial charge in [0.25, 0.3) is 9.20 Å². The van der Waals surface area contributed by atoms with Gasteiger partial charge in [0.1, 0.15) is 0 Å². The third-order valence-electron chi connectivity index (χ3n) is 3.57. The number of hydrogen-bond acceptors (Lipinski definition) is 3. The zero-order chi connectivity index (χ0) is 12.6. The second-order valence-electron chi connectivity index (χ2n) is 4.55. The molecule has 0 aromatic carbocycles. The molecule has 16 heavy (non-hydrogen) atoms. The van der Waals surface area contributed by atoms with Gasteiger partial charge in [0.05, 0.1) is 0 Å². The first-order valence-corrected chi connectivity index (χ1v) is 8.42. The minimum absolute atomic E-state index is 0.679. The fourth-order valence-electron chi connectivity index (χ4n) is 1.99. The Kier molecular flexibility index (Phi) is 9.22. The normalized spacial score (nSPS) is 17.4. The van der Waals surface area contributed by atoms with Crippen LogP contribution < -0.4 is 4.98 Å². The Labute approximate surface area is 103 Å². The first-order chi connectivity index (χ1) is 7.60. The van der Waals surface area contributed by atoms with Gasteiger partial charge in [-0.05, 0) is 46.3 Å². The molecule has 0 aliphatic heterocycles. The van der Waals surface area contributed by atoms with E-state index in [0.717, 1.165) is 6.54 Å². The molecular formula is C12H30N2OSi. The van der Waals surface area contributed by atoms with E-state index in [1.54, 1.807) is 0 Å². The van der Waals surface area contributed by atoms with E-state index in [-0.39, 0.29) is 0 Å². The van der Waals surface area contributed by atoms with Crippen molar-refractivity contribution in [3.8, 4) is 0 Å².